The van der Waals surface area contributed by atoms with Gasteiger partial charge in [0.15, 0.2) is 0 Å². The zero-order valence-corrected chi connectivity index (χ0v) is 10.8. The summed E-state index contributed by atoms with van der Waals surface area (Å²) in [4.78, 5) is 14.0. The lowest BCUT2D eigenvalue weighted by Gasteiger charge is -2.24. The number of benzene rings is 2. The molecule has 1 amide bonds. The topological polar surface area (TPSA) is 52.9 Å². The summed E-state index contributed by atoms with van der Waals surface area (Å²) in [7, 11) is 0. The Morgan fingerprint density at radius 3 is 2.20 bits per heavy atom. The smallest absolute Gasteiger partial charge is 0.276 e. The molecule has 1 aliphatic rings. The van der Waals surface area contributed by atoms with Crippen LogP contribution in [0.4, 0.5) is 5.69 Å². The van der Waals surface area contributed by atoms with E-state index in [0.717, 1.165) is 11.3 Å². The first-order valence-electron chi connectivity index (χ1n) is 6.45. The zero-order chi connectivity index (χ0) is 13.9. The maximum Gasteiger partial charge on any atom is 0.276 e. The molecule has 4 heteroatoms. The van der Waals surface area contributed by atoms with Crippen LogP contribution in [0.25, 0.3) is 0 Å². The molecule has 0 aromatic heterocycles. The van der Waals surface area contributed by atoms with E-state index in [0.29, 0.717) is 6.42 Å². The second kappa shape index (κ2) is 5.17. The zero-order valence-electron chi connectivity index (χ0n) is 10.8. The second-order valence-electron chi connectivity index (χ2n) is 4.69. The minimum Gasteiger partial charge on any atom is -0.410 e. The number of rotatable bonds is 2. The highest BCUT2D eigenvalue weighted by atomic mass is 16.4. The fraction of sp³-hybridized carbons (Fsp3) is 0.125. The summed E-state index contributed by atoms with van der Waals surface area (Å²) in [6.45, 7) is 0. The minimum atomic E-state index is -0.243. The molecule has 100 valence electrons. The molecule has 3 rings (SSSR count). The third-order valence-electron chi connectivity index (χ3n) is 3.50. The van der Waals surface area contributed by atoms with Crippen LogP contribution in [0, 0.1) is 0 Å². The average Bonchev–Trinajstić information content (AvgIpc) is 2.86. The molecule has 4 nitrogen and oxygen atoms in total. The Bertz CT molecular complexity index is 638. The van der Waals surface area contributed by atoms with Gasteiger partial charge in [-0.3, -0.25) is 9.69 Å². The molecule has 1 aliphatic heterocycles. The number of hydrogen-bond donors (Lipinski definition) is 1. The van der Waals surface area contributed by atoms with E-state index in [9.17, 15) is 4.79 Å². The van der Waals surface area contributed by atoms with Gasteiger partial charge in [-0.25, -0.2) is 0 Å². The maximum atomic E-state index is 12.4. The third kappa shape index (κ3) is 2.05. The van der Waals surface area contributed by atoms with E-state index in [2.05, 4.69) is 5.16 Å². The maximum absolute atomic E-state index is 12.4. The summed E-state index contributed by atoms with van der Waals surface area (Å²) in [6, 6.07) is 19.1. The van der Waals surface area contributed by atoms with Crippen molar-refractivity contribution < 1.29 is 10.0 Å². The van der Waals surface area contributed by atoms with Gasteiger partial charge in [-0.2, -0.15) is 0 Å². The number of para-hydroxylation sites is 1. The first-order chi connectivity index (χ1) is 9.81. The number of oxime groups is 1. The average molecular weight is 266 g/mol. The molecule has 0 saturated carbocycles. The van der Waals surface area contributed by atoms with Gasteiger partial charge in [0.2, 0.25) is 0 Å². The van der Waals surface area contributed by atoms with E-state index in [1.807, 2.05) is 60.7 Å². The van der Waals surface area contributed by atoms with E-state index >= 15 is 0 Å². The van der Waals surface area contributed by atoms with Gasteiger partial charge in [0.1, 0.15) is 5.71 Å². The second-order valence-corrected chi connectivity index (χ2v) is 4.69. The molecule has 0 bridgehead atoms. The van der Waals surface area contributed by atoms with Crippen molar-refractivity contribution in [2.24, 2.45) is 5.16 Å². The molecule has 0 radical (unpaired) electrons. The SMILES string of the molecule is O=C1/C(=N/O)C[C@@H](c2ccccc2)N1c1ccccc1. The first kappa shape index (κ1) is 12.4. The molecule has 2 aromatic rings. The van der Waals surface area contributed by atoms with Crippen molar-refractivity contribution in [2.75, 3.05) is 4.90 Å². The van der Waals surface area contributed by atoms with Crippen LogP contribution in [0.5, 0.6) is 0 Å². The fourth-order valence-corrected chi connectivity index (χ4v) is 2.55. The molecule has 20 heavy (non-hydrogen) atoms. The van der Waals surface area contributed by atoms with Gasteiger partial charge < -0.3 is 5.21 Å². The van der Waals surface area contributed by atoms with Crippen LogP contribution in [0.3, 0.4) is 0 Å². The Labute approximate surface area is 117 Å². The Balaban J connectivity index is 2.06. The van der Waals surface area contributed by atoms with Gasteiger partial charge >= 0.3 is 0 Å². The number of nitrogens with zero attached hydrogens (tertiary/aromatic N) is 2. The molecule has 1 saturated heterocycles. The Kier molecular flexibility index (Phi) is 3.21. The van der Waals surface area contributed by atoms with Crippen LogP contribution >= 0.6 is 0 Å². The fourth-order valence-electron chi connectivity index (χ4n) is 2.55. The largest absolute Gasteiger partial charge is 0.410 e. The van der Waals surface area contributed by atoms with E-state index in [1.54, 1.807) is 4.90 Å². The predicted molar refractivity (Wildman–Crippen MR) is 76.9 cm³/mol. The van der Waals surface area contributed by atoms with Crippen LogP contribution < -0.4 is 4.90 Å². The first-order valence-corrected chi connectivity index (χ1v) is 6.45. The molecule has 0 spiro atoms. The standard InChI is InChI=1S/C16H14N2O2/c19-16-14(17-20)11-15(12-7-3-1-4-8-12)18(16)13-9-5-2-6-10-13/h1-10,15,20H,11H2/b17-14+/t15-/m0/s1. The van der Waals surface area contributed by atoms with Gasteiger partial charge in [0.25, 0.3) is 5.91 Å². The molecule has 2 aromatic carbocycles. The molecule has 0 aliphatic carbocycles. The summed E-state index contributed by atoms with van der Waals surface area (Å²) in [5.74, 6) is -0.243. The van der Waals surface area contributed by atoms with Crippen molar-refractivity contribution in [3.05, 3.63) is 66.2 Å². The van der Waals surface area contributed by atoms with Gasteiger partial charge in [-0.1, -0.05) is 53.7 Å². The Morgan fingerprint density at radius 2 is 1.60 bits per heavy atom. The lowest BCUT2D eigenvalue weighted by molar-refractivity contribution is -0.112. The van der Waals surface area contributed by atoms with Crippen molar-refractivity contribution in [1.29, 1.82) is 0 Å². The van der Waals surface area contributed by atoms with E-state index in [-0.39, 0.29) is 17.7 Å². The van der Waals surface area contributed by atoms with Crippen molar-refractivity contribution in [3.63, 3.8) is 0 Å². The lowest BCUT2D eigenvalue weighted by atomic mass is 10.0. The van der Waals surface area contributed by atoms with Crippen molar-refractivity contribution in [3.8, 4) is 0 Å². The van der Waals surface area contributed by atoms with Gasteiger partial charge in [0, 0.05) is 12.1 Å². The van der Waals surface area contributed by atoms with Gasteiger partial charge in [0.05, 0.1) is 6.04 Å². The van der Waals surface area contributed by atoms with E-state index in [1.165, 1.54) is 0 Å². The normalized spacial score (nSPS) is 20.6. The van der Waals surface area contributed by atoms with Crippen LogP contribution in [0.15, 0.2) is 65.8 Å². The number of carbonyl (C=O) groups excluding carboxylic acids is 1. The highest BCUT2D eigenvalue weighted by Crippen LogP contribution is 2.35. The lowest BCUT2D eigenvalue weighted by Crippen LogP contribution is -2.29. The summed E-state index contributed by atoms with van der Waals surface area (Å²) in [5, 5.41) is 12.2. The monoisotopic (exact) mass is 266 g/mol. The molecular formula is C16H14N2O2. The van der Waals surface area contributed by atoms with Crippen LogP contribution in [0.1, 0.15) is 18.0 Å². The van der Waals surface area contributed by atoms with Crippen molar-refractivity contribution >= 4 is 17.3 Å². The van der Waals surface area contributed by atoms with Crippen molar-refractivity contribution in [2.45, 2.75) is 12.5 Å². The highest BCUT2D eigenvalue weighted by molar-refractivity contribution is 6.46. The Morgan fingerprint density at radius 1 is 1.00 bits per heavy atom. The summed E-state index contributed by atoms with van der Waals surface area (Å²) in [5.41, 5.74) is 2.04. The minimum absolute atomic E-state index is 0.128. The number of carbonyl (C=O) groups is 1. The summed E-state index contributed by atoms with van der Waals surface area (Å²) in [6.07, 6.45) is 0.411. The molecule has 1 N–H and O–H groups in total. The van der Waals surface area contributed by atoms with Crippen LogP contribution in [-0.2, 0) is 4.79 Å². The summed E-state index contributed by atoms with van der Waals surface area (Å²) >= 11 is 0. The number of anilines is 1. The van der Waals surface area contributed by atoms with Crippen molar-refractivity contribution in [1.82, 2.24) is 0 Å². The molecular weight excluding hydrogens is 252 g/mol. The van der Waals surface area contributed by atoms with Crippen LogP contribution in [-0.4, -0.2) is 16.8 Å². The van der Waals surface area contributed by atoms with Crippen LogP contribution in [0.2, 0.25) is 0 Å². The predicted octanol–water partition coefficient (Wildman–Crippen LogP) is 2.99. The summed E-state index contributed by atoms with van der Waals surface area (Å²) < 4.78 is 0. The quantitative estimate of drug-likeness (QED) is 0.671. The van der Waals surface area contributed by atoms with Gasteiger partial charge in [-0.15, -0.1) is 0 Å². The molecule has 1 fully saturated rings. The molecule has 1 heterocycles. The molecule has 0 unspecified atom stereocenters. The Hall–Kier alpha value is -2.62. The van der Waals surface area contributed by atoms with E-state index < -0.39 is 0 Å². The molecule has 1 atom stereocenters. The highest BCUT2D eigenvalue weighted by Gasteiger charge is 2.38. The van der Waals surface area contributed by atoms with Gasteiger partial charge in [-0.05, 0) is 17.7 Å². The third-order valence-corrected chi connectivity index (χ3v) is 3.50. The number of hydrogen-bond acceptors (Lipinski definition) is 3. The number of amides is 1. The van der Waals surface area contributed by atoms with E-state index in [4.69, 9.17) is 5.21 Å².